The van der Waals surface area contributed by atoms with Crippen molar-refractivity contribution in [2.45, 2.75) is 4.90 Å². The Morgan fingerprint density at radius 1 is 1.09 bits per heavy atom. The number of aromatic nitrogens is 1. The Kier molecular flexibility index (Phi) is 3.67. The first-order chi connectivity index (χ1) is 10.9. The molecule has 0 bridgehead atoms. The summed E-state index contributed by atoms with van der Waals surface area (Å²) in [5.74, 6) is -1.07. The van der Waals surface area contributed by atoms with Crippen LogP contribution in [-0.2, 0) is 10.0 Å². The Hall–Kier alpha value is -2.64. The number of aromatic carboxylic acids is 1. The highest BCUT2D eigenvalue weighted by atomic mass is 32.2. The molecule has 0 aliphatic rings. The van der Waals surface area contributed by atoms with Gasteiger partial charge in [-0.05, 0) is 30.8 Å². The summed E-state index contributed by atoms with van der Waals surface area (Å²) in [6, 6.07) is 13.4. The van der Waals surface area contributed by atoms with Crippen LogP contribution < -0.4 is 4.72 Å². The van der Waals surface area contributed by atoms with Gasteiger partial charge in [0.2, 0.25) is 10.0 Å². The second-order valence-electron chi connectivity index (χ2n) is 4.96. The van der Waals surface area contributed by atoms with E-state index in [1.165, 1.54) is 19.2 Å². The highest BCUT2D eigenvalue weighted by Crippen LogP contribution is 2.33. The van der Waals surface area contributed by atoms with Crippen LogP contribution in [0.5, 0.6) is 0 Å². The van der Waals surface area contributed by atoms with E-state index in [0.29, 0.717) is 16.6 Å². The molecule has 0 aliphatic heterocycles. The Morgan fingerprint density at radius 3 is 2.35 bits per heavy atom. The molecular weight excluding hydrogens is 316 g/mol. The number of fused-ring (bicyclic) bond motifs is 1. The van der Waals surface area contributed by atoms with Gasteiger partial charge in [0.25, 0.3) is 0 Å². The lowest BCUT2D eigenvalue weighted by molar-refractivity contribution is 0.0692. The fourth-order valence-electron chi connectivity index (χ4n) is 2.52. The smallest absolute Gasteiger partial charge is 0.352 e. The summed E-state index contributed by atoms with van der Waals surface area (Å²) in [5.41, 5.74) is 1.97. The van der Waals surface area contributed by atoms with Crippen molar-refractivity contribution < 1.29 is 18.3 Å². The highest BCUT2D eigenvalue weighted by molar-refractivity contribution is 7.89. The number of aromatic amines is 1. The topological polar surface area (TPSA) is 99.3 Å². The van der Waals surface area contributed by atoms with E-state index in [4.69, 9.17) is 0 Å². The third-order valence-electron chi connectivity index (χ3n) is 3.64. The zero-order valence-corrected chi connectivity index (χ0v) is 13.0. The first-order valence-corrected chi connectivity index (χ1v) is 8.30. The predicted octanol–water partition coefficient (Wildman–Crippen LogP) is 2.44. The Bertz CT molecular complexity index is 989. The molecule has 6 nitrogen and oxygen atoms in total. The molecule has 3 aromatic rings. The maximum absolute atomic E-state index is 11.8. The fraction of sp³-hybridized carbons (Fsp3) is 0.0625. The van der Waals surface area contributed by atoms with Gasteiger partial charge in [-0.1, -0.05) is 30.3 Å². The monoisotopic (exact) mass is 330 g/mol. The largest absolute Gasteiger partial charge is 0.477 e. The summed E-state index contributed by atoms with van der Waals surface area (Å²) in [4.78, 5) is 14.5. The molecule has 0 unspecified atom stereocenters. The molecule has 0 aliphatic carbocycles. The number of carboxylic acid groups (broad SMARTS) is 1. The number of rotatable bonds is 4. The molecule has 0 radical (unpaired) electrons. The van der Waals surface area contributed by atoms with Crippen LogP contribution in [0.15, 0.2) is 53.4 Å². The molecule has 7 heteroatoms. The molecule has 0 saturated carbocycles. The quantitative estimate of drug-likeness (QED) is 0.684. The molecule has 0 amide bonds. The maximum atomic E-state index is 11.8. The van der Waals surface area contributed by atoms with Crippen LogP contribution in [0.1, 0.15) is 10.5 Å². The maximum Gasteiger partial charge on any atom is 0.352 e. The first-order valence-electron chi connectivity index (χ1n) is 6.82. The van der Waals surface area contributed by atoms with Crippen molar-refractivity contribution in [3.8, 4) is 11.1 Å². The Balaban J connectivity index is 2.21. The third-order valence-corrected chi connectivity index (χ3v) is 5.07. The van der Waals surface area contributed by atoms with E-state index in [2.05, 4.69) is 9.71 Å². The number of para-hydroxylation sites is 1. The van der Waals surface area contributed by atoms with Gasteiger partial charge in [-0.3, -0.25) is 0 Å². The van der Waals surface area contributed by atoms with E-state index in [1.54, 1.807) is 18.2 Å². The third kappa shape index (κ3) is 2.60. The van der Waals surface area contributed by atoms with Gasteiger partial charge in [-0.2, -0.15) is 0 Å². The lowest BCUT2D eigenvalue weighted by Crippen LogP contribution is -2.18. The SMILES string of the molecule is CNS(=O)(=O)c1ccc(-c2c(C(=O)O)[nH]c3ccccc23)cc1. The predicted molar refractivity (Wildman–Crippen MR) is 86.9 cm³/mol. The molecule has 0 atom stereocenters. The van der Waals surface area contributed by atoms with E-state index < -0.39 is 16.0 Å². The van der Waals surface area contributed by atoms with E-state index >= 15 is 0 Å². The summed E-state index contributed by atoms with van der Waals surface area (Å²) in [7, 11) is -2.19. The van der Waals surface area contributed by atoms with Crippen LogP contribution in [0.4, 0.5) is 0 Å². The second-order valence-corrected chi connectivity index (χ2v) is 6.84. The molecule has 2 aromatic carbocycles. The summed E-state index contributed by atoms with van der Waals surface area (Å²) >= 11 is 0. The average Bonchev–Trinajstić information content (AvgIpc) is 2.95. The van der Waals surface area contributed by atoms with Crippen LogP contribution in [-0.4, -0.2) is 31.5 Å². The number of carbonyl (C=O) groups is 1. The number of sulfonamides is 1. The molecule has 1 heterocycles. The van der Waals surface area contributed by atoms with Gasteiger partial charge in [-0.25, -0.2) is 17.9 Å². The van der Waals surface area contributed by atoms with Crippen LogP contribution >= 0.6 is 0 Å². The Morgan fingerprint density at radius 2 is 1.74 bits per heavy atom. The lowest BCUT2D eigenvalue weighted by atomic mass is 10.0. The van der Waals surface area contributed by atoms with Crippen LogP contribution in [0.2, 0.25) is 0 Å². The molecule has 0 fully saturated rings. The van der Waals surface area contributed by atoms with Gasteiger partial charge in [0.1, 0.15) is 5.69 Å². The summed E-state index contributed by atoms with van der Waals surface area (Å²) in [6.45, 7) is 0. The number of hydrogen-bond acceptors (Lipinski definition) is 3. The molecule has 1 aromatic heterocycles. The zero-order valence-electron chi connectivity index (χ0n) is 12.2. The minimum Gasteiger partial charge on any atom is -0.477 e. The molecule has 0 spiro atoms. The van der Waals surface area contributed by atoms with E-state index in [-0.39, 0.29) is 10.6 Å². The summed E-state index contributed by atoms with van der Waals surface area (Å²) < 4.78 is 25.8. The molecule has 23 heavy (non-hydrogen) atoms. The first kappa shape index (κ1) is 15.3. The zero-order chi connectivity index (χ0) is 16.6. The van der Waals surface area contributed by atoms with Crippen LogP contribution in [0.25, 0.3) is 22.0 Å². The van der Waals surface area contributed by atoms with Crippen LogP contribution in [0, 0.1) is 0 Å². The molecule has 0 saturated heterocycles. The molecule has 3 rings (SSSR count). The highest BCUT2D eigenvalue weighted by Gasteiger charge is 2.19. The van der Waals surface area contributed by atoms with Gasteiger partial charge in [0, 0.05) is 16.5 Å². The van der Waals surface area contributed by atoms with Crippen molar-refractivity contribution in [1.82, 2.24) is 9.71 Å². The number of nitrogens with one attached hydrogen (secondary N) is 2. The molecule has 3 N–H and O–H groups in total. The number of benzene rings is 2. The van der Waals surface area contributed by atoms with Gasteiger partial charge in [-0.15, -0.1) is 0 Å². The van der Waals surface area contributed by atoms with Gasteiger partial charge in [0.15, 0.2) is 0 Å². The second kappa shape index (κ2) is 5.53. The van der Waals surface area contributed by atoms with E-state index in [9.17, 15) is 18.3 Å². The minimum atomic E-state index is -3.53. The number of H-pyrrole nitrogens is 1. The van der Waals surface area contributed by atoms with Crippen molar-refractivity contribution in [1.29, 1.82) is 0 Å². The molecular formula is C16H14N2O4S. The molecule has 118 valence electrons. The fourth-order valence-corrected chi connectivity index (χ4v) is 3.25. The minimum absolute atomic E-state index is 0.0791. The van der Waals surface area contributed by atoms with Gasteiger partial charge < -0.3 is 10.1 Å². The number of hydrogen-bond donors (Lipinski definition) is 3. The van der Waals surface area contributed by atoms with E-state index in [0.717, 1.165) is 5.39 Å². The van der Waals surface area contributed by atoms with Gasteiger partial charge in [0.05, 0.1) is 4.90 Å². The van der Waals surface area contributed by atoms with Crippen molar-refractivity contribution >= 4 is 26.9 Å². The van der Waals surface area contributed by atoms with Crippen LogP contribution in [0.3, 0.4) is 0 Å². The number of carboxylic acids is 1. The van der Waals surface area contributed by atoms with Crippen molar-refractivity contribution in [2.24, 2.45) is 0 Å². The van der Waals surface area contributed by atoms with Crippen molar-refractivity contribution in [3.63, 3.8) is 0 Å². The normalized spacial score (nSPS) is 11.7. The van der Waals surface area contributed by atoms with Crippen molar-refractivity contribution in [2.75, 3.05) is 7.05 Å². The lowest BCUT2D eigenvalue weighted by Gasteiger charge is -2.05. The van der Waals surface area contributed by atoms with E-state index in [1.807, 2.05) is 18.2 Å². The summed E-state index contributed by atoms with van der Waals surface area (Å²) in [6.07, 6.45) is 0. The Labute approximate surface area is 132 Å². The summed E-state index contributed by atoms with van der Waals surface area (Å²) in [5, 5.41) is 10.2. The average molecular weight is 330 g/mol. The van der Waals surface area contributed by atoms with Crippen molar-refractivity contribution in [3.05, 3.63) is 54.2 Å². The van der Waals surface area contributed by atoms with Gasteiger partial charge >= 0.3 is 5.97 Å². The standard InChI is InChI=1S/C16H14N2O4S/c1-17-23(21,22)11-8-6-10(7-9-11)14-12-4-2-3-5-13(12)18-15(14)16(19)20/h2-9,17-18H,1H3,(H,19,20).